The lowest BCUT2D eigenvalue weighted by Gasteiger charge is -2.06. The first-order chi connectivity index (χ1) is 7.61. The molecule has 84 valence electrons. The Kier molecular flexibility index (Phi) is 2.68. The fourth-order valence-corrected chi connectivity index (χ4v) is 1.39. The lowest BCUT2D eigenvalue weighted by Crippen LogP contribution is -1.98. The predicted molar refractivity (Wildman–Crippen MR) is 49.0 cm³/mol. The van der Waals surface area contributed by atoms with Crippen molar-refractivity contribution in [3.8, 4) is 11.3 Å². The van der Waals surface area contributed by atoms with Crippen LogP contribution in [0.1, 0.15) is 12.0 Å². The summed E-state index contributed by atoms with van der Waals surface area (Å²) in [6, 6.07) is 4.75. The largest absolute Gasteiger partial charge is 0.464 e. The highest BCUT2D eigenvalue weighted by atomic mass is 19.3. The summed E-state index contributed by atoms with van der Waals surface area (Å²) in [6.45, 7) is 0. The van der Waals surface area contributed by atoms with Gasteiger partial charge in [-0.05, 0) is 24.3 Å². The van der Waals surface area contributed by atoms with Gasteiger partial charge in [0.2, 0.25) is 0 Å². The Labute approximate surface area is 88.3 Å². The maximum Gasteiger partial charge on any atom is 0.269 e. The van der Waals surface area contributed by atoms with Crippen molar-refractivity contribution < 1.29 is 22.0 Å². The van der Waals surface area contributed by atoms with Gasteiger partial charge in [-0.15, -0.1) is 0 Å². The van der Waals surface area contributed by atoms with E-state index in [1.165, 1.54) is 18.4 Å². The molecule has 1 aromatic heterocycles. The number of halogens is 4. The number of furan rings is 1. The van der Waals surface area contributed by atoms with Crippen LogP contribution in [0.5, 0.6) is 0 Å². The molecule has 0 aliphatic carbocycles. The molecule has 0 radical (unpaired) electrons. The van der Waals surface area contributed by atoms with Gasteiger partial charge in [-0.1, -0.05) is 0 Å². The molecule has 16 heavy (non-hydrogen) atoms. The van der Waals surface area contributed by atoms with Gasteiger partial charge in [0.05, 0.1) is 17.4 Å². The third-order valence-corrected chi connectivity index (χ3v) is 2.13. The van der Waals surface area contributed by atoms with Crippen LogP contribution < -0.4 is 0 Å². The third kappa shape index (κ3) is 1.68. The number of rotatable bonds is 2. The molecular formula is C11H6F4O. The average molecular weight is 230 g/mol. The van der Waals surface area contributed by atoms with Crippen molar-refractivity contribution >= 4 is 0 Å². The van der Waals surface area contributed by atoms with E-state index in [1.54, 1.807) is 0 Å². The summed E-state index contributed by atoms with van der Waals surface area (Å²) < 4.78 is 56.2. The first-order valence-electron chi connectivity index (χ1n) is 4.41. The Bertz CT molecular complexity index is 491. The SMILES string of the molecule is Fc1ccc(-c2ccco2)c(F)c1C(F)F. The topological polar surface area (TPSA) is 13.1 Å². The molecule has 1 heterocycles. The summed E-state index contributed by atoms with van der Waals surface area (Å²) in [5, 5.41) is 0. The van der Waals surface area contributed by atoms with Gasteiger partial charge in [0.25, 0.3) is 6.43 Å². The maximum absolute atomic E-state index is 13.6. The highest BCUT2D eigenvalue weighted by Crippen LogP contribution is 2.32. The van der Waals surface area contributed by atoms with Crippen molar-refractivity contribution in [1.29, 1.82) is 0 Å². The third-order valence-electron chi connectivity index (χ3n) is 2.13. The van der Waals surface area contributed by atoms with Crippen LogP contribution in [0.25, 0.3) is 11.3 Å². The summed E-state index contributed by atoms with van der Waals surface area (Å²) in [4.78, 5) is 0. The Balaban J connectivity index is 2.62. The summed E-state index contributed by atoms with van der Waals surface area (Å²) in [5.41, 5.74) is -1.41. The Hall–Kier alpha value is -1.78. The van der Waals surface area contributed by atoms with Crippen molar-refractivity contribution in [2.75, 3.05) is 0 Å². The first-order valence-corrected chi connectivity index (χ1v) is 4.41. The minimum absolute atomic E-state index is 0.0828. The van der Waals surface area contributed by atoms with Crippen LogP contribution in [-0.2, 0) is 0 Å². The zero-order chi connectivity index (χ0) is 11.7. The quantitative estimate of drug-likeness (QED) is 0.706. The first kappa shape index (κ1) is 10.7. The van der Waals surface area contributed by atoms with E-state index in [2.05, 4.69) is 0 Å². The van der Waals surface area contributed by atoms with Gasteiger partial charge in [-0.2, -0.15) is 0 Å². The van der Waals surface area contributed by atoms with E-state index in [0.29, 0.717) is 0 Å². The Morgan fingerprint density at radius 3 is 2.38 bits per heavy atom. The molecule has 1 aromatic carbocycles. The van der Waals surface area contributed by atoms with Gasteiger partial charge in [0.15, 0.2) is 0 Å². The molecule has 0 aliphatic heterocycles. The monoisotopic (exact) mass is 230 g/mol. The van der Waals surface area contributed by atoms with Crippen molar-refractivity contribution in [3.63, 3.8) is 0 Å². The molecule has 0 spiro atoms. The lowest BCUT2D eigenvalue weighted by molar-refractivity contribution is 0.141. The van der Waals surface area contributed by atoms with Gasteiger partial charge in [-0.25, -0.2) is 17.6 Å². The maximum atomic E-state index is 13.6. The molecule has 0 unspecified atom stereocenters. The minimum atomic E-state index is -3.20. The molecule has 1 nitrogen and oxygen atoms in total. The van der Waals surface area contributed by atoms with Crippen molar-refractivity contribution in [3.05, 3.63) is 47.7 Å². The second-order valence-electron chi connectivity index (χ2n) is 3.10. The number of benzene rings is 1. The highest BCUT2D eigenvalue weighted by molar-refractivity contribution is 5.59. The van der Waals surface area contributed by atoms with Crippen molar-refractivity contribution in [2.24, 2.45) is 0 Å². The van der Waals surface area contributed by atoms with Crippen LogP contribution in [0.4, 0.5) is 17.6 Å². The molecule has 0 saturated heterocycles. The molecule has 0 bridgehead atoms. The molecule has 2 aromatic rings. The number of hydrogen-bond acceptors (Lipinski definition) is 1. The van der Waals surface area contributed by atoms with Crippen LogP contribution >= 0.6 is 0 Å². The molecule has 0 N–H and O–H groups in total. The molecule has 0 amide bonds. The van der Waals surface area contributed by atoms with Crippen LogP contribution in [0, 0.1) is 11.6 Å². The van der Waals surface area contributed by atoms with Gasteiger partial charge >= 0.3 is 0 Å². The van der Waals surface area contributed by atoms with Crippen LogP contribution in [-0.4, -0.2) is 0 Å². The van der Waals surface area contributed by atoms with Crippen LogP contribution in [0.2, 0.25) is 0 Å². The number of alkyl halides is 2. The van der Waals surface area contributed by atoms with Crippen molar-refractivity contribution in [1.82, 2.24) is 0 Å². The molecule has 0 atom stereocenters. The second kappa shape index (κ2) is 4.00. The van der Waals surface area contributed by atoms with Crippen LogP contribution in [0.3, 0.4) is 0 Å². The fourth-order valence-electron chi connectivity index (χ4n) is 1.39. The van der Waals surface area contributed by atoms with Gasteiger partial charge < -0.3 is 4.42 Å². The van der Waals surface area contributed by atoms with Gasteiger partial charge in [-0.3, -0.25) is 0 Å². The fraction of sp³-hybridized carbons (Fsp3) is 0.0909. The smallest absolute Gasteiger partial charge is 0.269 e. The molecule has 5 heteroatoms. The molecule has 2 rings (SSSR count). The second-order valence-corrected chi connectivity index (χ2v) is 3.10. The van der Waals surface area contributed by atoms with Gasteiger partial charge in [0, 0.05) is 0 Å². The average Bonchev–Trinajstić information content (AvgIpc) is 2.70. The molecule has 0 fully saturated rings. The van der Waals surface area contributed by atoms with Gasteiger partial charge in [0.1, 0.15) is 17.4 Å². The van der Waals surface area contributed by atoms with E-state index >= 15 is 0 Å². The van der Waals surface area contributed by atoms with E-state index < -0.39 is 23.6 Å². The minimum Gasteiger partial charge on any atom is -0.464 e. The summed E-state index contributed by atoms with van der Waals surface area (Å²) >= 11 is 0. The highest BCUT2D eigenvalue weighted by Gasteiger charge is 2.23. The van der Waals surface area contributed by atoms with Crippen LogP contribution in [0.15, 0.2) is 34.9 Å². The van der Waals surface area contributed by atoms with Crippen molar-refractivity contribution in [2.45, 2.75) is 6.43 Å². The summed E-state index contributed by atoms with van der Waals surface area (Å²) in [6.07, 6.45) is -1.92. The van der Waals surface area contributed by atoms with E-state index in [9.17, 15) is 17.6 Å². The normalized spacial score (nSPS) is 11.1. The Morgan fingerprint density at radius 1 is 1.06 bits per heavy atom. The summed E-state index contributed by atoms with van der Waals surface area (Å²) in [7, 11) is 0. The number of hydrogen-bond donors (Lipinski definition) is 0. The molecule has 0 aliphatic rings. The van der Waals surface area contributed by atoms with E-state index in [4.69, 9.17) is 4.42 Å². The van der Waals surface area contributed by atoms with E-state index in [1.807, 2.05) is 0 Å². The standard InChI is InChI=1S/C11H6F4O/c12-7-4-3-6(8-2-1-5-16-8)10(13)9(7)11(14)15/h1-5,11H. The Morgan fingerprint density at radius 2 is 1.81 bits per heavy atom. The van der Waals surface area contributed by atoms with E-state index in [0.717, 1.165) is 12.1 Å². The van der Waals surface area contributed by atoms with E-state index in [-0.39, 0.29) is 11.3 Å². The predicted octanol–water partition coefficient (Wildman–Crippen LogP) is 4.16. The summed E-state index contributed by atoms with van der Waals surface area (Å²) in [5.74, 6) is -2.47. The molecular weight excluding hydrogens is 224 g/mol. The molecule has 0 saturated carbocycles. The zero-order valence-corrected chi connectivity index (χ0v) is 7.88. The lowest BCUT2D eigenvalue weighted by atomic mass is 10.1. The zero-order valence-electron chi connectivity index (χ0n) is 7.88.